The van der Waals surface area contributed by atoms with Crippen molar-refractivity contribution in [2.24, 2.45) is 5.92 Å². The fourth-order valence-corrected chi connectivity index (χ4v) is 3.79. The van der Waals surface area contributed by atoms with Gasteiger partial charge >= 0.3 is 0 Å². The summed E-state index contributed by atoms with van der Waals surface area (Å²) < 4.78 is 24.3. The third-order valence-corrected chi connectivity index (χ3v) is 5.49. The zero-order valence-corrected chi connectivity index (χ0v) is 17.8. The molecule has 1 aromatic carbocycles. The van der Waals surface area contributed by atoms with E-state index in [1.54, 1.807) is 12.1 Å². The van der Waals surface area contributed by atoms with Gasteiger partial charge in [-0.25, -0.2) is 4.39 Å². The summed E-state index contributed by atoms with van der Waals surface area (Å²) in [5, 5.41) is 2.95. The van der Waals surface area contributed by atoms with Gasteiger partial charge in [-0.05, 0) is 43.0 Å². The average molecular weight is 422 g/mol. The summed E-state index contributed by atoms with van der Waals surface area (Å²) in [6, 6.07) is 6.01. The molecule has 2 amide bonds. The van der Waals surface area contributed by atoms with Crippen LogP contribution in [-0.4, -0.2) is 79.7 Å². The van der Waals surface area contributed by atoms with Crippen LogP contribution in [0.5, 0.6) is 5.75 Å². The van der Waals surface area contributed by atoms with Crippen LogP contribution in [0, 0.1) is 11.7 Å². The monoisotopic (exact) mass is 421 g/mol. The van der Waals surface area contributed by atoms with Crippen LogP contribution in [0.2, 0.25) is 0 Å². The lowest BCUT2D eigenvalue weighted by molar-refractivity contribution is -0.155. The Balaban J connectivity index is 1.43. The minimum atomic E-state index is -0.309. The van der Waals surface area contributed by atoms with Crippen LogP contribution in [0.4, 0.5) is 4.39 Å². The van der Waals surface area contributed by atoms with Gasteiger partial charge in [0.05, 0.1) is 13.1 Å². The molecule has 0 spiro atoms. The molecule has 0 saturated carbocycles. The number of nitrogens with one attached hydrogen (secondary N) is 1. The van der Waals surface area contributed by atoms with Crippen molar-refractivity contribution in [3.63, 3.8) is 0 Å². The minimum absolute atomic E-state index is 0.00107. The van der Waals surface area contributed by atoms with Gasteiger partial charge in [-0.3, -0.25) is 14.5 Å². The fraction of sp³-hybridized carbons (Fsp3) is 0.636. The molecule has 2 aliphatic heterocycles. The van der Waals surface area contributed by atoms with Crippen LogP contribution in [0.15, 0.2) is 24.3 Å². The van der Waals surface area contributed by atoms with Crippen LogP contribution in [0.3, 0.4) is 0 Å². The molecule has 30 heavy (non-hydrogen) atoms. The Morgan fingerprint density at radius 1 is 1.27 bits per heavy atom. The summed E-state index contributed by atoms with van der Waals surface area (Å²) in [4.78, 5) is 28.5. The quantitative estimate of drug-likeness (QED) is 0.692. The van der Waals surface area contributed by atoms with Gasteiger partial charge in [0.15, 0.2) is 0 Å². The predicted octanol–water partition coefficient (Wildman–Crippen LogP) is 1.67. The molecule has 3 rings (SSSR count). The van der Waals surface area contributed by atoms with E-state index in [-0.39, 0.29) is 36.4 Å². The number of morpholine rings is 1. The second-order valence-electron chi connectivity index (χ2n) is 8.45. The normalized spacial score (nSPS) is 21.1. The molecule has 1 N–H and O–H groups in total. The molecule has 2 aliphatic rings. The van der Waals surface area contributed by atoms with E-state index in [0.29, 0.717) is 37.9 Å². The van der Waals surface area contributed by atoms with Crippen molar-refractivity contribution in [1.82, 2.24) is 15.1 Å². The second-order valence-corrected chi connectivity index (χ2v) is 8.45. The number of benzene rings is 1. The van der Waals surface area contributed by atoms with E-state index in [4.69, 9.17) is 9.47 Å². The van der Waals surface area contributed by atoms with Crippen LogP contribution < -0.4 is 10.1 Å². The minimum Gasteiger partial charge on any atom is -0.491 e. The molecule has 1 unspecified atom stereocenters. The Bertz CT molecular complexity index is 705. The first-order valence-corrected chi connectivity index (χ1v) is 10.7. The zero-order chi connectivity index (χ0) is 21.5. The number of amides is 2. The fourth-order valence-electron chi connectivity index (χ4n) is 3.79. The standard InChI is InChI=1S/C22H32FN3O4/c1-16(2)11-24-21(27)13-25-9-7-18(8-10-25)26-12-20(30-15-22(26)28)14-29-19-5-3-17(23)4-6-19/h3-6,16,18,20H,7-15H2,1-2H3,(H,24,27). The molecule has 0 aromatic heterocycles. The molecular weight excluding hydrogens is 389 g/mol. The number of ether oxygens (including phenoxy) is 2. The molecule has 7 nitrogen and oxygen atoms in total. The number of hydrogen-bond acceptors (Lipinski definition) is 5. The first kappa shape index (κ1) is 22.5. The number of hydrogen-bond donors (Lipinski definition) is 1. The molecule has 8 heteroatoms. The second kappa shape index (κ2) is 10.7. The number of halogens is 1. The number of carbonyl (C=O) groups is 2. The van der Waals surface area contributed by atoms with Gasteiger partial charge in [-0.1, -0.05) is 13.8 Å². The third-order valence-electron chi connectivity index (χ3n) is 5.49. The highest BCUT2D eigenvalue weighted by molar-refractivity contribution is 5.79. The highest BCUT2D eigenvalue weighted by Crippen LogP contribution is 2.21. The van der Waals surface area contributed by atoms with Crippen LogP contribution in [0.25, 0.3) is 0 Å². The lowest BCUT2D eigenvalue weighted by Gasteiger charge is -2.42. The maximum Gasteiger partial charge on any atom is 0.248 e. The van der Waals surface area contributed by atoms with Crippen molar-refractivity contribution in [2.75, 3.05) is 45.9 Å². The van der Waals surface area contributed by atoms with Gasteiger partial charge in [0.1, 0.15) is 30.9 Å². The van der Waals surface area contributed by atoms with Crippen molar-refractivity contribution >= 4 is 11.8 Å². The summed E-state index contributed by atoms with van der Waals surface area (Å²) in [6.45, 7) is 7.68. The Kier molecular flexibility index (Phi) is 8.04. The van der Waals surface area contributed by atoms with Gasteiger partial charge < -0.3 is 19.7 Å². The Hall–Kier alpha value is -2.19. The first-order valence-electron chi connectivity index (χ1n) is 10.7. The molecule has 1 atom stereocenters. The molecule has 2 fully saturated rings. The highest BCUT2D eigenvalue weighted by atomic mass is 19.1. The van der Waals surface area contributed by atoms with E-state index < -0.39 is 0 Å². The van der Waals surface area contributed by atoms with Crippen molar-refractivity contribution < 1.29 is 23.5 Å². The highest BCUT2D eigenvalue weighted by Gasteiger charge is 2.34. The van der Waals surface area contributed by atoms with E-state index >= 15 is 0 Å². The number of nitrogens with zero attached hydrogens (tertiary/aromatic N) is 2. The van der Waals surface area contributed by atoms with Gasteiger partial charge in [0.2, 0.25) is 11.8 Å². The van der Waals surface area contributed by atoms with Crippen molar-refractivity contribution in [3.8, 4) is 5.75 Å². The van der Waals surface area contributed by atoms with Gasteiger partial charge in [0.25, 0.3) is 0 Å². The number of rotatable bonds is 8. The van der Waals surface area contributed by atoms with E-state index in [1.807, 2.05) is 4.90 Å². The summed E-state index contributed by atoms with van der Waals surface area (Å²) in [5.41, 5.74) is 0. The number of piperidine rings is 1. The number of likely N-dealkylation sites (tertiary alicyclic amines) is 1. The van der Waals surface area contributed by atoms with E-state index in [9.17, 15) is 14.0 Å². The lowest BCUT2D eigenvalue weighted by atomic mass is 10.0. The predicted molar refractivity (Wildman–Crippen MR) is 111 cm³/mol. The molecule has 0 bridgehead atoms. The van der Waals surface area contributed by atoms with Crippen molar-refractivity contribution in [2.45, 2.75) is 38.8 Å². The Labute approximate surface area is 177 Å². The molecule has 0 radical (unpaired) electrons. The Morgan fingerprint density at radius 3 is 2.63 bits per heavy atom. The van der Waals surface area contributed by atoms with E-state index in [0.717, 1.165) is 25.9 Å². The van der Waals surface area contributed by atoms with Crippen LogP contribution in [-0.2, 0) is 14.3 Å². The first-order chi connectivity index (χ1) is 14.4. The Morgan fingerprint density at radius 2 is 1.97 bits per heavy atom. The molecular formula is C22H32FN3O4. The molecule has 0 aliphatic carbocycles. The van der Waals surface area contributed by atoms with Crippen molar-refractivity contribution in [3.05, 3.63) is 30.1 Å². The SMILES string of the molecule is CC(C)CNC(=O)CN1CCC(N2CC(COc3ccc(F)cc3)OCC2=O)CC1. The van der Waals surface area contributed by atoms with Crippen LogP contribution >= 0.6 is 0 Å². The summed E-state index contributed by atoms with van der Waals surface area (Å²) in [6.07, 6.45) is 1.47. The molecule has 166 valence electrons. The zero-order valence-electron chi connectivity index (χ0n) is 17.8. The summed E-state index contributed by atoms with van der Waals surface area (Å²) in [5.74, 6) is 0.764. The lowest BCUT2D eigenvalue weighted by Crippen LogP contribution is -2.56. The molecule has 2 saturated heterocycles. The summed E-state index contributed by atoms with van der Waals surface area (Å²) in [7, 11) is 0. The topological polar surface area (TPSA) is 71.1 Å². The maximum atomic E-state index is 13.0. The van der Waals surface area contributed by atoms with Gasteiger partial charge in [0, 0.05) is 25.7 Å². The largest absolute Gasteiger partial charge is 0.491 e. The summed E-state index contributed by atoms with van der Waals surface area (Å²) >= 11 is 0. The van der Waals surface area contributed by atoms with E-state index in [2.05, 4.69) is 24.1 Å². The van der Waals surface area contributed by atoms with Crippen LogP contribution in [0.1, 0.15) is 26.7 Å². The van der Waals surface area contributed by atoms with E-state index in [1.165, 1.54) is 12.1 Å². The smallest absolute Gasteiger partial charge is 0.248 e. The average Bonchev–Trinajstić information content (AvgIpc) is 2.73. The van der Waals surface area contributed by atoms with Crippen molar-refractivity contribution in [1.29, 1.82) is 0 Å². The molecule has 1 aromatic rings. The number of carbonyl (C=O) groups excluding carboxylic acids is 2. The maximum absolute atomic E-state index is 13.0. The third kappa shape index (κ3) is 6.67. The van der Waals surface area contributed by atoms with Gasteiger partial charge in [-0.15, -0.1) is 0 Å². The van der Waals surface area contributed by atoms with Gasteiger partial charge in [-0.2, -0.15) is 0 Å². The molecule has 2 heterocycles.